The van der Waals surface area contributed by atoms with Gasteiger partial charge in [0.2, 0.25) is 0 Å². The van der Waals surface area contributed by atoms with E-state index in [1.165, 1.54) is 6.42 Å². The zero-order valence-electron chi connectivity index (χ0n) is 10.4. The summed E-state index contributed by atoms with van der Waals surface area (Å²) in [5, 5.41) is 0. The molecule has 0 spiro atoms. The van der Waals surface area contributed by atoms with Crippen molar-refractivity contribution in [2.24, 2.45) is 23.7 Å². The second-order valence-corrected chi connectivity index (χ2v) is 5.38. The number of esters is 1. The van der Waals surface area contributed by atoms with Crippen molar-refractivity contribution in [3.05, 3.63) is 0 Å². The van der Waals surface area contributed by atoms with Crippen LogP contribution >= 0.6 is 0 Å². The molecule has 16 heavy (non-hydrogen) atoms. The molecule has 0 N–H and O–H groups in total. The predicted molar refractivity (Wildman–Crippen MR) is 60.9 cm³/mol. The molecule has 2 bridgehead atoms. The summed E-state index contributed by atoms with van der Waals surface area (Å²) in [6.45, 7) is 5.09. The van der Waals surface area contributed by atoms with Crippen molar-refractivity contribution in [3.8, 4) is 0 Å². The molecule has 0 aromatic heterocycles. The molecule has 0 radical (unpaired) electrons. The van der Waals surface area contributed by atoms with E-state index in [9.17, 15) is 4.79 Å². The van der Waals surface area contributed by atoms with E-state index in [1.54, 1.807) is 7.11 Å². The van der Waals surface area contributed by atoms with Gasteiger partial charge >= 0.3 is 5.97 Å². The molecule has 0 heterocycles. The van der Waals surface area contributed by atoms with Crippen molar-refractivity contribution in [2.45, 2.75) is 39.2 Å². The van der Waals surface area contributed by atoms with E-state index < -0.39 is 0 Å². The number of methoxy groups -OCH3 is 1. The smallest absolute Gasteiger partial charge is 0.308 e. The van der Waals surface area contributed by atoms with Crippen LogP contribution in [-0.4, -0.2) is 25.8 Å². The van der Waals surface area contributed by atoms with Crippen molar-refractivity contribution < 1.29 is 14.3 Å². The maximum absolute atomic E-state index is 11.5. The second-order valence-electron chi connectivity index (χ2n) is 5.38. The van der Waals surface area contributed by atoms with E-state index in [0.29, 0.717) is 24.9 Å². The number of hydrogen-bond donors (Lipinski definition) is 0. The van der Waals surface area contributed by atoms with Gasteiger partial charge in [0.25, 0.3) is 0 Å². The Morgan fingerprint density at radius 3 is 2.56 bits per heavy atom. The molecule has 0 aliphatic heterocycles. The van der Waals surface area contributed by atoms with Crippen LogP contribution in [0.15, 0.2) is 0 Å². The maximum atomic E-state index is 11.5. The van der Waals surface area contributed by atoms with Gasteiger partial charge in [0, 0.05) is 7.11 Å². The highest BCUT2D eigenvalue weighted by atomic mass is 16.5. The van der Waals surface area contributed by atoms with Gasteiger partial charge < -0.3 is 9.47 Å². The lowest BCUT2D eigenvalue weighted by Crippen LogP contribution is -2.32. The molecular formula is C13H22O3. The molecule has 2 rings (SSSR count). The van der Waals surface area contributed by atoms with Crippen LogP contribution in [-0.2, 0) is 14.3 Å². The molecule has 2 fully saturated rings. The highest BCUT2D eigenvalue weighted by Gasteiger charge is 2.50. The van der Waals surface area contributed by atoms with Crippen LogP contribution in [0.2, 0.25) is 0 Å². The third kappa shape index (κ3) is 2.10. The summed E-state index contributed by atoms with van der Waals surface area (Å²) in [6.07, 6.45) is 2.90. The van der Waals surface area contributed by atoms with Crippen LogP contribution in [0.1, 0.15) is 33.1 Å². The highest BCUT2D eigenvalue weighted by molar-refractivity contribution is 5.69. The van der Waals surface area contributed by atoms with Gasteiger partial charge in [-0.25, -0.2) is 0 Å². The molecule has 0 amide bonds. The quantitative estimate of drug-likeness (QED) is 0.690. The molecule has 0 saturated heterocycles. The molecule has 3 nitrogen and oxygen atoms in total. The second kappa shape index (κ2) is 4.74. The third-order valence-electron chi connectivity index (χ3n) is 4.63. The zero-order valence-corrected chi connectivity index (χ0v) is 10.4. The monoisotopic (exact) mass is 226 g/mol. The summed E-state index contributed by atoms with van der Waals surface area (Å²) in [4.78, 5) is 11.5. The van der Waals surface area contributed by atoms with Crippen molar-refractivity contribution in [3.63, 3.8) is 0 Å². The summed E-state index contributed by atoms with van der Waals surface area (Å²) in [5.74, 6) is 2.80. The number of hydrogen-bond acceptors (Lipinski definition) is 3. The Kier molecular flexibility index (Phi) is 3.53. The Bertz CT molecular complexity index is 262. The van der Waals surface area contributed by atoms with Crippen LogP contribution < -0.4 is 0 Å². The molecule has 2 aliphatic rings. The van der Waals surface area contributed by atoms with Gasteiger partial charge in [-0.1, -0.05) is 13.8 Å². The maximum Gasteiger partial charge on any atom is 0.308 e. The lowest BCUT2D eigenvalue weighted by Gasteiger charge is -2.31. The Balaban J connectivity index is 1.83. The Morgan fingerprint density at radius 1 is 1.25 bits per heavy atom. The van der Waals surface area contributed by atoms with Gasteiger partial charge in [-0.05, 0) is 36.5 Å². The van der Waals surface area contributed by atoms with E-state index in [0.717, 1.165) is 18.3 Å². The Morgan fingerprint density at radius 2 is 2.00 bits per heavy atom. The SMILES string of the molecule is COCCC(=O)OC1CC2CC1C(C)C2C. The molecule has 92 valence electrons. The highest BCUT2D eigenvalue weighted by Crippen LogP contribution is 2.52. The van der Waals surface area contributed by atoms with E-state index in [4.69, 9.17) is 9.47 Å². The largest absolute Gasteiger partial charge is 0.462 e. The number of fused-ring (bicyclic) bond motifs is 2. The number of ether oxygens (including phenoxy) is 2. The van der Waals surface area contributed by atoms with Gasteiger partial charge in [0.15, 0.2) is 0 Å². The molecule has 5 unspecified atom stereocenters. The first-order valence-corrected chi connectivity index (χ1v) is 6.32. The first-order chi connectivity index (χ1) is 7.63. The van der Waals surface area contributed by atoms with Gasteiger partial charge in [0.05, 0.1) is 13.0 Å². The summed E-state index contributed by atoms with van der Waals surface area (Å²) < 4.78 is 10.4. The molecule has 0 aromatic carbocycles. The molecule has 2 aliphatic carbocycles. The Hall–Kier alpha value is -0.570. The van der Waals surface area contributed by atoms with Crippen molar-refractivity contribution in [1.29, 1.82) is 0 Å². The van der Waals surface area contributed by atoms with Gasteiger partial charge in [-0.2, -0.15) is 0 Å². The summed E-state index contributed by atoms with van der Waals surface area (Å²) in [7, 11) is 1.61. The lowest BCUT2D eigenvalue weighted by atomic mass is 9.80. The minimum absolute atomic E-state index is 0.0979. The Labute approximate surface area is 97.5 Å². The summed E-state index contributed by atoms with van der Waals surface area (Å²) in [6, 6.07) is 0. The van der Waals surface area contributed by atoms with E-state index in [1.807, 2.05) is 0 Å². The van der Waals surface area contributed by atoms with Crippen LogP contribution in [0.25, 0.3) is 0 Å². The average Bonchev–Trinajstić information content (AvgIpc) is 2.77. The molecule has 0 aromatic rings. The van der Waals surface area contributed by atoms with Gasteiger partial charge in [0.1, 0.15) is 6.10 Å². The van der Waals surface area contributed by atoms with Gasteiger partial charge in [-0.15, -0.1) is 0 Å². The summed E-state index contributed by atoms with van der Waals surface area (Å²) in [5.41, 5.74) is 0. The van der Waals surface area contributed by atoms with E-state index in [-0.39, 0.29) is 12.1 Å². The average molecular weight is 226 g/mol. The van der Waals surface area contributed by atoms with Crippen molar-refractivity contribution in [1.82, 2.24) is 0 Å². The normalized spacial score (nSPS) is 41.3. The predicted octanol–water partition coefficient (Wildman–Crippen LogP) is 2.25. The lowest BCUT2D eigenvalue weighted by molar-refractivity contribution is -0.154. The minimum atomic E-state index is -0.0979. The minimum Gasteiger partial charge on any atom is -0.462 e. The topological polar surface area (TPSA) is 35.5 Å². The third-order valence-corrected chi connectivity index (χ3v) is 4.63. The molecule has 2 saturated carbocycles. The molecule has 3 heteroatoms. The van der Waals surface area contributed by atoms with Crippen LogP contribution in [0.5, 0.6) is 0 Å². The fourth-order valence-corrected chi connectivity index (χ4v) is 3.42. The number of carbonyl (C=O) groups is 1. The number of carbonyl (C=O) groups excluding carboxylic acids is 1. The molecular weight excluding hydrogens is 204 g/mol. The summed E-state index contributed by atoms with van der Waals surface area (Å²) >= 11 is 0. The van der Waals surface area contributed by atoms with Crippen LogP contribution in [0.3, 0.4) is 0 Å². The van der Waals surface area contributed by atoms with E-state index >= 15 is 0 Å². The van der Waals surface area contributed by atoms with Crippen LogP contribution in [0, 0.1) is 23.7 Å². The first-order valence-electron chi connectivity index (χ1n) is 6.32. The fourth-order valence-electron chi connectivity index (χ4n) is 3.42. The standard InChI is InChI=1S/C13H22O3/c1-8-9(2)11-6-10(8)7-12(11)16-13(14)4-5-15-3/h8-12H,4-7H2,1-3H3. The van der Waals surface area contributed by atoms with Crippen molar-refractivity contribution >= 4 is 5.97 Å². The van der Waals surface area contributed by atoms with Gasteiger partial charge in [-0.3, -0.25) is 4.79 Å². The first kappa shape index (κ1) is 11.9. The zero-order chi connectivity index (χ0) is 11.7. The number of rotatable bonds is 4. The fraction of sp³-hybridized carbons (Fsp3) is 0.923. The van der Waals surface area contributed by atoms with E-state index in [2.05, 4.69) is 13.8 Å². The van der Waals surface area contributed by atoms with Crippen LogP contribution in [0.4, 0.5) is 0 Å². The molecule has 5 atom stereocenters. The van der Waals surface area contributed by atoms with Crippen molar-refractivity contribution in [2.75, 3.05) is 13.7 Å².